The molecule has 0 aliphatic rings. The highest BCUT2D eigenvalue weighted by molar-refractivity contribution is 7.89. The molecule has 1 rings (SSSR count). The molecule has 0 saturated heterocycles. The molecule has 118 valence electrons. The van der Waals surface area contributed by atoms with Crippen LogP contribution < -0.4 is 14.8 Å². The van der Waals surface area contributed by atoms with Crippen LogP contribution in [-0.2, 0) is 21.2 Å². The zero-order valence-corrected chi connectivity index (χ0v) is 13.2. The average Bonchev–Trinajstić information content (AvgIpc) is 2.46. The Morgan fingerprint density at radius 1 is 1.24 bits per heavy atom. The highest BCUT2D eigenvalue weighted by Gasteiger charge is 2.10. The standard InChI is InChI=1S/C14H22N2O4S/c1-3-10-21(18,19)16-11-14(17)15-9-8-12-4-6-13(20-2)7-5-12/h4-7,16H,3,8-11H2,1-2H3,(H,15,17). The monoisotopic (exact) mass is 314 g/mol. The number of carbonyl (C=O) groups excluding carboxylic acids is 1. The summed E-state index contributed by atoms with van der Waals surface area (Å²) in [6, 6.07) is 7.57. The summed E-state index contributed by atoms with van der Waals surface area (Å²) in [4.78, 5) is 11.5. The lowest BCUT2D eigenvalue weighted by molar-refractivity contribution is -0.119. The minimum Gasteiger partial charge on any atom is -0.497 e. The minimum absolute atomic E-state index is 0.0339. The SMILES string of the molecule is CCCS(=O)(=O)NCC(=O)NCCc1ccc(OC)cc1. The quantitative estimate of drug-likeness (QED) is 0.702. The number of sulfonamides is 1. The topological polar surface area (TPSA) is 84.5 Å². The van der Waals surface area contributed by atoms with Crippen LogP contribution in [0.15, 0.2) is 24.3 Å². The number of carbonyl (C=O) groups is 1. The number of nitrogens with one attached hydrogen (secondary N) is 2. The van der Waals surface area contributed by atoms with Crippen molar-refractivity contribution in [2.75, 3.05) is 26.0 Å². The molecule has 0 aliphatic carbocycles. The summed E-state index contributed by atoms with van der Waals surface area (Å²) in [5.74, 6) is 0.489. The van der Waals surface area contributed by atoms with Crippen molar-refractivity contribution < 1.29 is 17.9 Å². The van der Waals surface area contributed by atoms with Gasteiger partial charge in [0, 0.05) is 6.54 Å². The van der Waals surface area contributed by atoms with Crippen LogP contribution in [0, 0.1) is 0 Å². The molecule has 2 N–H and O–H groups in total. The van der Waals surface area contributed by atoms with Gasteiger partial charge < -0.3 is 10.1 Å². The van der Waals surface area contributed by atoms with Crippen LogP contribution in [-0.4, -0.2) is 40.3 Å². The zero-order chi connectivity index (χ0) is 15.7. The largest absolute Gasteiger partial charge is 0.497 e. The first-order valence-electron chi connectivity index (χ1n) is 6.84. The first-order valence-corrected chi connectivity index (χ1v) is 8.49. The van der Waals surface area contributed by atoms with Crippen LogP contribution in [0.5, 0.6) is 5.75 Å². The highest BCUT2D eigenvalue weighted by atomic mass is 32.2. The van der Waals surface area contributed by atoms with Crippen molar-refractivity contribution in [3.63, 3.8) is 0 Å². The van der Waals surface area contributed by atoms with Crippen molar-refractivity contribution in [2.24, 2.45) is 0 Å². The molecule has 6 nitrogen and oxygen atoms in total. The Morgan fingerprint density at radius 3 is 2.48 bits per heavy atom. The Kier molecular flexibility index (Phi) is 7.18. The van der Waals surface area contributed by atoms with E-state index in [0.29, 0.717) is 19.4 Å². The summed E-state index contributed by atoms with van der Waals surface area (Å²) in [6.07, 6.45) is 1.20. The molecule has 0 radical (unpaired) electrons. The predicted molar refractivity (Wildman–Crippen MR) is 81.8 cm³/mol. The van der Waals surface area contributed by atoms with Crippen molar-refractivity contribution in [1.29, 1.82) is 0 Å². The summed E-state index contributed by atoms with van der Waals surface area (Å²) >= 11 is 0. The van der Waals surface area contributed by atoms with Gasteiger partial charge in [-0.05, 0) is 30.5 Å². The van der Waals surface area contributed by atoms with E-state index in [2.05, 4.69) is 10.0 Å². The molecule has 0 fully saturated rings. The van der Waals surface area contributed by atoms with Gasteiger partial charge in [-0.1, -0.05) is 19.1 Å². The Bertz CT molecular complexity index is 541. The molecule has 0 heterocycles. The maximum Gasteiger partial charge on any atom is 0.235 e. The van der Waals surface area contributed by atoms with E-state index in [1.54, 1.807) is 14.0 Å². The molecular formula is C14H22N2O4S. The molecule has 7 heteroatoms. The molecule has 0 spiro atoms. The van der Waals surface area contributed by atoms with Crippen LogP contribution in [0.25, 0.3) is 0 Å². The molecule has 1 amide bonds. The van der Waals surface area contributed by atoms with E-state index in [1.807, 2.05) is 24.3 Å². The van der Waals surface area contributed by atoms with Gasteiger partial charge in [-0.25, -0.2) is 13.1 Å². The normalized spacial score (nSPS) is 11.1. The van der Waals surface area contributed by atoms with Crippen LogP contribution >= 0.6 is 0 Å². The number of rotatable bonds is 9. The maximum absolute atomic E-state index is 11.5. The third-order valence-corrected chi connectivity index (χ3v) is 4.35. The molecule has 1 aromatic carbocycles. The Balaban J connectivity index is 2.27. The lowest BCUT2D eigenvalue weighted by Gasteiger charge is -2.07. The van der Waals surface area contributed by atoms with E-state index >= 15 is 0 Å². The first kappa shape index (κ1) is 17.5. The molecule has 0 atom stereocenters. The third-order valence-electron chi connectivity index (χ3n) is 2.82. The number of amides is 1. The van der Waals surface area contributed by atoms with Crippen LogP contribution in [0.3, 0.4) is 0 Å². The lowest BCUT2D eigenvalue weighted by atomic mass is 10.1. The molecule has 0 saturated carbocycles. The minimum atomic E-state index is -3.34. The number of methoxy groups -OCH3 is 1. The van der Waals surface area contributed by atoms with Crippen LogP contribution in [0.4, 0.5) is 0 Å². The number of ether oxygens (including phenoxy) is 1. The fourth-order valence-electron chi connectivity index (χ4n) is 1.72. The summed E-state index contributed by atoms with van der Waals surface area (Å²) in [5.41, 5.74) is 1.07. The van der Waals surface area contributed by atoms with E-state index in [0.717, 1.165) is 11.3 Å². The fourth-order valence-corrected chi connectivity index (χ4v) is 2.75. The van der Waals surface area contributed by atoms with E-state index in [1.165, 1.54) is 0 Å². The van der Waals surface area contributed by atoms with E-state index in [4.69, 9.17) is 4.74 Å². The number of benzene rings is 1. The molecule has 1 aromatic rings. The summed E-state index contributed by atoms with van der Waals surface area (Å²) in [5, 5.41) is 2.68. The van der Waals surface area contributed by atoms with Gasteiger partial charge in [0.25, 0.3) is 0 Å². The van der Waals surface area contributed by atoms with Gasteiger partial charge in [0.2, 0.25) is 15.9 Å². The van der Waals surface area contributed by atoms with Gasteiger partial charge in [-0.2, -0.15) is 0 Å². The van der Waals surface area contributed by atoms with Crippen molar-refractivity contribution >= 4 is 15.9 Å². The first-order chi connectivity index (χ1) is 9.96. The van der Waals surface area contributed by atoms with E-state index in [-0.39, 0.29) is 18.2 Å². The van der Waals surface area contributed by atoms with E-state index < -0.39 is 10.0 Å². The molecular weight excluding hydrogens is 292 g/mol. The van der Waals surface area contributed by atoms with Gasteiger partial charge >= 0.3 is 0 Å². The second-order valence-corrected chi connectivity index (χ2v) is 6.51. The lowest BCUT2D eigenvalue weighted by Crippen LogP contribution is -2.38. The fraction of sp³-hybridized carbons (Fsp3) is 0.500. The van der Waals surface area contributed by atoms with Crippen LogP contribution in [0.1, 0.15) is 18.9 Å². The molecule has 21 heavy (non-hydrogen) atoms. The third kappa shape index (κ3) is 7.10. The smallest absolute Gasteiger partial charge is 0.235 e. The van der Waals surface area contributed by atoms with Gasteiger partial charge in [0.1, 0.15) is 5.75 Å². The summed E-state index contributed by atoms with van der Waals surface area (Å²) < 4.78 is 30.1. The average molecular weight is 314 g/mol. The second-order valence-electron chi connectivity index (χ2n) is 4.59. The number of hydrogen-bond acceptors (Lipinski definition) is 4. The molecule has 0 aliphatic heterocycles. The van der Waals surface area contributed by atoms with Crippen molar-refractivity contribution in [2.45, 2.75) is 19.8 Å². The van der Waals surface area contributed by atoms with E-state index in [9.17, 15) is 13.2 Å². The zero-order valence-electron chi connectivity index (χ0n) is 12.4. The second kappa shape index (κ2) is 8.63. The van der Waals surface area contributed by atoms with Gasteiger partial charge in [-0.15, -0.1) is 0 Å². The Morgan fingerprint density at radius 2 is 1.90 bits per heavy atom. The van der Waals surface area contributed by atoms with Crippen molar-refractivity contribution in [1.82, 2.24) is 10.0 Å². The predicted octanol–water partition coefficient (Wildman–Crippen LogP) is 0.683. The molecule has 0 bridgehead atoms. The Labute approximate surface area is 125 Å². The van der Waals surface area contributed by atoms with Crippen molar-refractivity contribution in [3.8, 4) is 5.75 Å². The van der Waals surface area contributed by atoms with Crippen LogP contribution in [0.2, 0.25) is 0 Å². The highest BCUT2D eigenvalue weighted by Crippen LogP contribution is 2.11. The van der Waals surface area contributed by atoms with Crippen molar-refractivity contribution in [3.05, 3.63) is 29.8 Å². The molecule has 0 aromatic heterocycles. The Hall–Kier alpha value is -1.60. The van der Waals surface area contributed by atoms with Gasteiger partial charge in [0.15, 0.2) is 0 Å². The maximum atomic E-state index is 11.5. The summed E-state index contributed by atoms with van der Waals surface area (Å²) in [6.45, 7) is 2.01. The van der Waals surface area contributed by atoms with Gasteiger partial charge in [0.05, 0.1) is 19.4 Å². The number of hydrogen-bond donors (Lipinski definition) is 2. The summed E-state index contributed by atoms with van der Waals surface area (Å²) in [7, 11) is -1.73. The van der Waals surface area contributed by atoms with Gasteiger partial charge in [-0.3, -0.25) is 4.79 Å². The molecule has 0 unspecified atom stereocenters.